The van der Waals surface area contributed by atoms with E-state index < -0.39 is 0 Å². The normalized spacial score (nSPS) is 12.4. The monoisotopic (exact) mass is 238 g/mol. The molecule has 1 rings (SSSR count). The molecular weight excluding hydrogens is 216 g/mol. The second kappa shape index (κ2) is 8.01. The van der Waals surface area contributed by atoms with E-state index in [0.717, 1.165) is 6.42 Å². The molecule has 0 saturated heterocycles. The smallest absolute Gasteiger partial charge is 0.221 e. The van der Waals surface area contributed by atoms with Crippen LogP contribution in [0.25, 0.3) is 0 Å². The topological polar surface area (TPSA) is 55.2 Å². The van der Waals surface area contributed by atoms with Gasteiger partial charge in [0.2, 0.25) is 5.88 Å². The summed E-state index contributed by atoms with van der Waals surface area (Å²) in [6, 6.07) is 0. The summed E-state index contributed by atoms with van der Waals surface area (Å²) in [6.45, 7) is 4.96. The Bertz CT molecular complexity index is 318. The van der Waals surface area contributed by atoms with Gasteiger partial charge in [0.1, 0.15) is 6.33 Å². The lowest BCUT2D eigenvalue weighted by molar-refractivity contribution is 0.213. The molecule has 4 heteroatoms. The molecule has 0 aliphatic heterocycles. The summed E-state index contributed by atoms with van der Waals surface area (Å²) in [4.78, 5) is 7.90. The van der Waals surface area contributed by atoms with Crippen molar-refractivity contribution in [1.29, 1.82) is 0 Å². The van der Waals surface area contributed by atoms with Crippen LogP contribution in [0.5, 0.6) is 5.88 Å². The number of aliphatic hydroxyl groups excluding tert-OH is 1. The van der Waals surface area contributed by atoms with Gasteiger partial charge in [-0.3, -0.25) is 0 Å². The van der Waals surface area contributed by atoms with E-state index in [0.29, 0.717) is 24.0 Å². The Labute approximate surface area is 103 Å². The molecule has 1 atom stereocenters. The van der Waals surface area contributed by atoms with Gasteiger partial charge < -0.3 is 9.84 Å². The quantitative estimate of drug-likeness (QED) is 0.756. The van der Waals surface area contributed by atoms with E-state index in [1.165, 1.54) is 25.6 Å². The van der Waals surface area contributed by atoms with Crippen molar-refractivity contribution in [3.05, 3.63) is 18.1 Å². The number of ether oxygens (including phenoxy) is 1. The van der Waals surface area contributed by atoms with Gasteiger partial charge in [-0.2, -0.15) is 0 Å². The number of hydrogen-bond acceptors (Lipinski definition) is 4. The first-order valence-electron chi connectivity index (χ1n) is 6.34. The first-order valence-corrected chi connectivity index (χ1v) is 6.34. The number of rotatable bonds is 8. The minimum absolute atomic E-state index is 0.0814. The molecule has 1 aromatic rings. The fraction of sp³-hybridized carbons (Fsp3) is 0.692. The van der Waals surface area contributed by atoms with Crippen LogP contribution in [0.3, 0.4) is 0 Å². The van der Waals surface area contributed by atoms with Gasteiger partial charge >= 0.3 is 0 Å². The molecule has 0 aliphatic carbocycles. The van der Waals surface area contributed by atoms with Crippen molar-refractivity contribution in [2.24, 2.45) is 5.92 Å². The summed E-state index contributed by atoms with van der Waals surface area (Å²) in [5.74, 6) is 1.08. The maximum absolute atomic E-state index is 9.12. The van der Waals surface area contributed by atoms with E-state index >= 15 is 0 Å². The van der Waals surface area contributed by atoms with Crippen molar-refractivity contribution in [2.75, 3.05) is 6.61 Å². The number of aliphatic hydroxyl groups is 1. The molecule has 0 radical (unpaired) electrons. The zero-order chi connectivity index (χ0) is 12.5. The van der Waals surface area contributed by atoms with Gasteiger partial charge in [-0.1, -0.05) is 33.1 Å². The van der Waals surface area contributed by atoms with Crippen LogP contribution < -0.4 is 4.74 Å². The second-order valence-corrected chi connectivity index (χ2v) is 4.24. The standard InChI is InChI=1S/C13H22N2O2/c1-3-5-6-11(4-2)9-17-13-12(8-16)7-14-10-15-13/h7,10-11,16H,3-6,8-9H2,1-2H3. The molecule has 17 heavy (non-hydrogen) atoms. The van der Waals surface area contributed by atoms with Crippen molar-refractivity contribution in [1.82, 2.24) is 9.97 Å². The summed E-state index contributed by atoms with van der Waals surface area (Å²) in [7, 11) is 0. The molecule has 0 spiro atoms. The Balaban J connectivity index is 2.47. The van der Waals surface area contributed by atoms with Crippen LogP contribution in [0.15, 0.2) is 12.5 Å². The van der Waals surface area contributed by atoms with Crippen molar-refractivity contribution >= 4 is 0 Å². The zero-order valence-electron chi connectivity index (χ0n) is 10.7. The highest BCUT2D eigenvalue weighted by atomic mass is 16.5. The summed E-state index contributed by atoms with van der Waals surface area (Å²) in [6.07, 6.45) is 7.79. The summed E-state index contributed by atoms with van der Waals surface area (Å²) < 4.78 is 5.67. The van der Waals surface area contributed by atoms with Crippen LogP contribution in [0.4, 0.5) is 0 Å². The number of hydrogen-bond donors (Lipinski definition) is 1. The fourth-order valence-electron chi connectivity index (χ4n) is 1.68. The van der Waals surface area contributed by atoms with Gasteiger partial charge in [-0.05, 0) is 12.3 Å². The molecule has 0 fully saturated rings. The molecule has 1 N–H and O–H groups in total. The molecule has 1 heterocycles. The minimum atomic E-state index is -0.0814. The molecule has 0 bridgehead atoms. The van der Waals surface area contributed by atoms with Gasteiger partial charge in [-0.25, -0.2) is 9.97 Å². The van der Waals surface area contributed by atoms with E-state index in [4.69, 9.17) is 9.84 Å². The van der Waals surface area contributed by atoms with Gasteiger partial charge in [0.15, 0.2) is 0 Å². The van der Waals surface area contributed by atoms with Crippen LogP contribution in [-0.4, -0.2) is 21.7 Å². The Morgan fingerprint density at radius 2 is 2.24 bits per heavy atom. The van der Waals surface area contributed by atoms with Crippen molar-refractivity contribution in [3.8, 4) is 5.88 Å². The first kappa shape index (κ1) is 13.9. The first-order chi connectivity index (χ1) is 8.31. The maximum Gasteiger partial charge on any atom is 0.221 e. The lowest BCUT2D eigenvalue weighted by Crippen LogP contribution is -2.13. The average molecular weight is 238 g/mol. The van der Waals surface area contributed by atoms with E-state index in [-0.39, 0.29) is 6.61 Å². The van der Waals surface area contributed by atoms with Crippen LogP contribution in [0.1, 0.15) is 45.1 Å². The Morgan fingerprint density at radius 3 is 2.88 bits per heavy atom. The maximum atomic E-state index is 9.12. The summed E-state index contributed by atoms with van der Waals surface area (Å²) in [5.41, 5.74) is 0.651. The van der Waals surface area contributed by atoms with E-state index in [9.17, 15) is 0 Å². The average Bonchev–Trinajstić information content (AvgIpc) is 2.39. The molecule has 1 unspecified atom stereocenters. The van der Waals surface area contributed by atoms with Gasteiger partial charge in [0.25, 0.3) is 0 Å². The number of nitrogens with zero attached hydrogens (tertiary/aromatic N) is 2. The molecule has 1 aromatic heterocycles. The highest BCUT2D eigenvalue weighted by molar-refractivity contribution is 5.20. The lowest BCUT2D eigenvalue weighted by Gasteiger charge is -2.15. The largest absolute Gasteiger partial charge is 0.477 e. The van der Waals surface area contributed by atoms with Gasteiger partial charge in [0.05, 0.1) is 18.8 Å². The van der Waals surface area contributed by atoms with E-state index in [1.807, 2.05) is 0 Å². The van der Waals surface area contributed by atoms with Gasteiger partial charge in [-0.15, -0.1) is 0 Å². The Kier molecular flexibility index (Phi) is 6.55. The number of unbranched alkanes of at least 4 members (excludes halogenated alkanes) is 1. The fourth-order valence-corrected chi connectivity index (χ4v) is 1.68. The molecule has 0 saturated carbocycles. The van der Waals surface area contributed by atoms with Crippen molar-refractivity contribution in [2.45, 2.75) is 46.1 Å². The molecule has 96 valence electrons. The molecule has 0 amide bonds. The Hall–Kier alpha value is -1.16. The minimum Gasteiger partial charge on any atom is -0.477 e. The molecule has 4 nitrogen and oxygen atoms in total. The zero-order valence-corrected chi connectivity index (χ0v) is 10.7. The molecule has 0 aliphatic rings. The highest BCUT2D eigenvalue weighted by Gasteiger charge is 2.09. The molecule has 0 aromatic carbocycles. The highest BCUT2D eigenvalue weighted by Crippen LogP contribution is 2.17. The third-order valence-electron chi connectivity index (χ3n) is 2.92. The Morgan fingerprint density at radius 1 is 1.41 bits per heavy atom. The second-order valence-electron chi connectivity index (χ2n) is 4.24. The predicted octanol–water partition coefficient (Wildman–Crippen LogP) is 2.56. The van der Waals surface area contributed by atoms with Crippen LogP contribution in [0.2, 0.25) is 0 Å². The van der Waals surface area contributed by atoms with Crippen molar-refractivity contribution < 1.29 is 9.84 Å². The summed E-state index contributed by atoms with van der Waals surface area (Å²) >= 11 is 0. The van der Waals surface area contributed by atoms with Crippen LogP contribution in [-0.2, 0) is 6.61 Å². The predicted molar refractivity (Wildman–Crippen MR) is 66.8 cm³/mol. The third-order valence-corrected chi connectivity index (χ3v) is 2.92. The van der Waals surface area contributed by atoms with Crippen LogP contribution in [0, 0.1) is 5.92 Å². The van der Waals surface area contributed by atoms with Crippen molar-refractivity contribution in [3.63, 3.8) is 0 Å². The SMILES string of the molecule is CCCCC(CC)COc1ncncc1CO. The summed E-state index contributed by atoms with van der Waals surface area (Å²) in [5, 5.41) is 9.12. The van der Waals surface area contributed by atoms with Gasteiger partial charge in [0, 0.05) is 6.20 Å². The molecular formula is C13H22N2O2. The van der Waals surface area contributed by atoms with E-state index in [2.05, 4.69) is 23.8 Å². The third kappa shape index (κ3) is 4.69. The number of aromatic nitrogens is 2. The van der Waals surface area contributed by atoms with Crippen LogP contribution >= 0.6 is 0 Å². The van der Waals surface area contributed by atoms with E-state index in [1.54, 1.807) is 6.20 Å². The lowest BCUT2D eigenvalue weighted by atomic mass is 10.0.